The standard InChI is InChI=1S/C8H12N2O.C6H13NO.C4H9NO2/c1-7(11)10-6-8-2-4-9-5-3-8;1-3-4-5-7-6(2)8;1-4(7)5-2-3-6/h2,4H,3,5-6H2,1H3,(H,10,11);3-5H2,1-2H3,(H,7,8);6H,2-3H2,1H3,(H,5,7). The van der Waals surface area contributed by atoms with Crippen molar-refractivity contribution >= 4 is 23.9 Å². The van der Waals surface area contributed by atoms with Gasteiger partial charge < -0.3 is 21.1 Å². The smallest absolute Gasteiger partial charge is 0.217 e. The van der Waals surface area contributed by atoms with Crippen LogP contribution in [0.2, 0.25) is 0 Å². The van der Waals surface area contributed by atoms with E-state index in [0.717, 1.165) is 32.4 Å². The normalized spacial score (nSPS) is 11.7. The summed E-state index contributed by atoms with van der Waals surface area (Å²) in [5, 5.41) is 16.0. The van der Waals surface area contributed by atoms with Gasteiger partial charge in [0.05, 0.1) is 6.61 Å². The fourth-order valence-corrected chi connectivity index (χ4v) is 1.58. The molecule has 26 heavy (non-hydrogen) atoms. The van der Waals surface area contributed by atoms with E-state index in [1.807, 2.05) is 6.08 Å². The summed E-state index contributed by atoms with van der Waals surface area (Å²) < 4.78 is 0. The van der Waals surface area contributed by atoms with Gasteiger partial charge in [0.15, 0.2) is 0 Å². The van der Waals surface area contributed by atoms with Crippen LogP contribution in [0.3, 0.4) is 0 Å². The van der Waals surface area contributed by atoms with E-state index in [9.17, 15) is 14.4 Å². The van der Waals surface area contributed by atoms with Gasteiger partial charge in [0.2, 0.25) is 17.7 Å². The topological polar surface area (TPSA) is 120 Å². The van der Waals surface area contributed by atoms with Crippen LogP contribution >= 0.6 is 0 Å². The second kappa shape index (κ2) is 19.1. The Bertz CT molecular complexity index is 462. The molecule has 8 nitrogen and oxygen atoms in total. The van der Waals surface area contributed by atoms with Gasteiger partial charge in [-0.1, -0.05) is 13.3 Å². The Morgan fingerprint density at radius 3 is 2.00 bits per heavy atom. The summed E-state index contributed by atoms with van der Waals surface area (Å²) in [6.07, 6.45) is 6.94. The lowest BCUT2D eigenvalue weighted by Gasteiger charge is -2.08. The van der Waals surface area contributed by atoms with Crippen LogP contribution in [0.5, 0.6) is 0 Å². The Morgan fingerprint density at radius 2 is 1.62 bits per heavy atom. The highest BCUT2D eigenvalue weighted by molar-refractivity contribution is 5.75. The monoisotopic (exact) mass is 370 g/mol. The third-order valence-corrected chi connectivity index (χ3v) is 2.93. The van der Waals surface area contributed by atoms with Crippen molar-refractivity contribution in [2.45, 2.75) is 47.0 Å². The Morgan fingerprint density at radius 1 is 1.04 bits per heavy atom. The van der Waals surface area contributed by atoms with E-state index >= 15 is 0 Å². The molecule has 0 bridgehead atoms. The molecule has 0 aromatic rings. The molecular weight excluding hydrogens is 336 g/mol. The van der Waals surface area contributed by atoms with E-state index in [0.29, 0.717) is 13.1 Å². The number of unbranched alkanes of at least 4 members (excludes halogenated alkanes) is 1. The summed E-state index contributed by atoms with van der Waals surface area (Å²) in [5.41, 5.74) is 1.25. The highest BCUT2D eigenvalue weighted by Crippen LogP contribution is 2.02. The van der Waals surface area contributed by atoms with Crippen molar-refractivity contribution in [1.29, 1.82) is 0 Å². The van der Waals surface area contributed by atoms with E-state index in [4.69, 9.17) is 5.11 Å². The molecule has 1 aliphatic heterocycles. The van der Waals surface area contributed by atoms with Crippen LogP contribution in [-0.2, 0) is 14.4 Å². The summed E-state index contributed by atoms with van der Waals surface area (Å²) in [6.45, 7) is 9.29. The predicted molar refractivity (Wildman–Crippen MR) is 104 cm³/mol. The van der Waals surface area contributed by atoms with Crippen molar-refractivity contribution in [3.8, 4) is 0 Å². The van der Waals surface area contributed by atoms with E-state index in [1.54, 1.807) is 6.21 Å². The van der Waals surface area contributed by atoms with Crippen molar-refractivity contribution in [2.24, 2.45) is 4.99 Å². The molecule has 1 rings (SSSR count). The number of carbonyl (C=O) groups excluding carboxylic acids is 3. The first-order chi connectivity index (χ1) is 12.3. The van der Waals surface area contributed by atoms with Gasteiger partial charge in [-0.05, 0) is 24.5 Å². The van der Waals surface area contributed by atoms with E-state index in [-0.39, 0.29) is 24.3 Å². The van der Waals surface area contributed by atoms with Gasteiger partial charge in [0, 0.05) is 53.2 Å². The van der Waals surface area contributed by atoms with Crippen LogP contribution in [0, 0.1) is 0 Å². The first-order valence-corrected chi connectivity index (χ1v) is 8.85. The van der Waals surface area contributed by atoms with Gasteiger partial charge in [-0.2, -0.15) is 0 Å². The molecule has 1 aliphatic rings. The van der Waals surface area contributed by atoms with Crippen LogP contribution in [0.1, 0.15) is 47.0 Å². The zero-order chi connectivity index (χ0) is 20.2. The SMILES string of the molecule is CC(=O)NCC1=CC=NCC1.CC(=O)NCCO.CCCCNC(C)=O. The van der Waals surface area contributed by atoms with Crippen molar-refractivity contribution < 1.29 is 19.5 Å². The van der Waals surface area contributed by atoms with Crippen LogP contribution < -0.4 is 16.0 Å². The molecule has 1 heterocycles. The molecule has 4 N–H and O–H groups in total. The minimum atomic E-state index is -0.103. The summed E-state index contributed by atoms with van der Waals surface area (Å²) >= 11 is 0. The number of hydrogen-bond acceptors (Lipinski definition) is 5. The molecule has 0 unspecified atom stereocenters. The van der Waals surface area contributed by atoms with E-state index < -0.39 is 0 Å². The molecule has 3 amide bonds. The van der Waals surface area contributed by atoms with Crippen LogP contribution in [-0.4, -0.2) is 61.8 Å². The fourth-order valence-electron chi connectivity index (χ4n) is 1.58. The van der Waals surface area contributed by atoms with Crippen molar-refractivity contribution in [2.75, 3.05) is 32.8 Å². The van der Waals surface area contributed by atoms with E-state index in [1.165, 1.54) is 26.3 Å². The molecule has 0 radical (unpaired) electrons. The highest BCUT2D eigenvalue weighted by Gasteiger charge is 1.99. The van der Waals surface area contributed by atoms with Gasteiger partial charge in [-0.25, -0.2) is 0 Å². The highest BCUT2D eigenvalue weighted by atomic mass is 16.3. The number of aliphatic imine (C=N–C) groups is 1. The number of nitrogens with one attached hydrogen (secondary N) is 3. The maximum absolute atomic E-state index is 10.5. The van der Waals surface area contributed by atoms with Crippen LogP contribution in [0.4, 0.5) is 0 Å². The molecule has 8 heteroatoms. The van der Waals surface area contributed by atoms with Crippen molar-refractivity contribution in [1.82, 2.24) is 16.0 Å². The number of amides is 3. The average Bonchev–Trinajstić information content (AvgIpc) is 2.60. The van der Waals surface area contributed by atoms with Crippen molar-refractivity contribution in [3.63, 3.8) is 0 Å². The Labute approximate surface area is 156 Å². The molecule has 0 aromatic carbocycles. The largest absolute Gasteiger partial charge is 0.395 e. The molecule has 150 valence electrons. The molecule has 0 spiro atoms. The molecule has 0 aromatic heterocycles. The first-order valence-electron chi connectivity index (χ1n) is 8.85. The number of nitrogens with zero attached hydrogens (tertiary/aromatic N) is 1. The fraction of sp³-hybridized carbons (Fsp3) is 0.667. The zero-order valence-electron chi connectivity index (χ0n) is 16.4. The molecule has 0 aliphatic carbocycles. The molecule has 0 fully saturated rings. The van der Waals surface area contributed by atoms with Crippen LogP contribution in [0.25, 0.3) is 0 Å². The molecular formula is C18H34N4O4. The average molecular weight is 370 g/mol. The van der Waals surface area contributed by atoms with Gasteiger partial charge in [-0.15, -0.1) is 0 Å². The lowest BCUT2D eigenvalue weighted by atomic mass is 10.1. The molecule has 0 saturated carbocycles. The second-order valence-corrected chi connectivity index (χ2v) is 5.58. The second-order valence-electron chi connectivity index (χ2n) is 5.58. The number of dihydropyridines is 1. The number of rotatable bonds is 7. The minimum absolute atomic E-state index is 0.0135. The number of allylic oxidation sites excluding steroid dienone is 1. The number of aliphatic hydroxyl groups excluding tert-OH is 1. The summed E-state index contributed by atoms with van der Waals surface area (Å²) in [6, 6.07) is 0. The maximum Gasteiger partial charge on any atom is 0.217 e. The zero-order valence-corrected chi connectivity index (χ0v) is 16.4. The number of aliphatic hydroxyl groups is 1. The number of carbonyl (C=O) groups is 3. The molecule has 0 saturated heterocycles. The Kier molecular flexibility index (Phi) is 19.1. The van der Waals surface area contributed by atoms with Crippen molar-refractivity contribution in [3.05, 3.63) is 11.6 Å². The third-order valence-electron chi connectivity index (χ3n) is 2.93. The predicted octanol–water partition coefficient (Wildman–Crippen LogP) is 0.561. The first kappa shape index (κ1) is 26.0. The van der Waals surface area contributed by atoms with Gasteiger partial charge in [-0.3, -0.25) is 19.4 Å². The minimum Gasteiger partial charge on any atom is -0.395 e. The Balaban J connectivity index is 0. The summed E-state index contributed by atoms with van der Waals surface area (Å²) in [7, 11) is 0. The summed E-state index contributed by atoms with van der Waals surface area (Å²) in [5.74, 6) is -0.0130. The number of hydrogen-bond donors (Lipinski definition) is 4. The quantitative estimate of drug-likeness (QED) is 0.489. The lowest BCUT2D eigenvalue weighted by molar-refractivity contribution is -0.119. The molecule has 0 atom stereocenters. The Hall–Kier alpha value is -2.22. The summed E-state index contributed by atoms with van der Waals surface area (Å²) in [4.78, 5) is 34.7. The van der Waals surface area contributed by atoms with Gasteiger partial charge >= 0.3 is 0 Å². The lowest BCUT2D eigenvalue weighted by Crippen LogP contribution is -2.23. The maximum atomic E-state index is 10.5. The van der Waals surface area contributed by atoms with Gasteiger partial charge in [0.1, 0.15) is 0 Å². The van der Waals surface area contributed by atoms with E-state index in [2.05, 4.69) is 27.9 Å². The van der Waals surface area contributed by atoms with Crippen LogP contribution in [0.15, 0.2) is 16.6 Å². The van der Waals surface area contributed by atoms with Gasteiger partial charge in [0.25, 0.3) is 0 Å². The third kappa shape index (κ3) is 24.0.